The van der Waals surface area contributed by atoms with E-state index in [0.29, 0.717) is 11.8 Å². The van der Waals surface area contributed by atoms with Crippen LogP contribution in [0.3, 0.4) is 0 Å². The van der Waals surface area contributed by atoms with Crippen molar-refractivity contribution < 1.29 is 22.5 Å². The molecule has 0 amide bonds. The lowest BCUT2D eigenvalue weighted by atomic mass is 9.99. The molecule has 0 radical (unpaired) electrons. The third kappa shape index (κ3) is 58.3. The summed E-state index contributed by atoms with van der Waals surface area (Å²) in [5, 5.41) is 10.8. The van der Waals surface area contributed by atoms with Gasteiger partial charge in [-0.2, -0.15) is 0 Å². The highest BCUT2D eigenvalue weighted by molar-refractivity contribution is 5.43. The van der Waals surface area contributed by atoms with Gasteiger partial charge in [0.25, 0.3) is 5.69 Å². The monoisotopic (exact) mass is 1710 g/mol. The molecule has 0 saturated heterocycles. The second-order valence-corrected chi connectivity index (χ2v) is 37.9. The molecule has 5 nitrogen and oxygen atoms in total. The van der Waals surface area contributed by atoms with Crippen LogP contribution in [0.5, 0.6) is 0 Å². The van der Waals surface area contributed by atoms with E-state index >= 15 is 0 Å². The van der Waals surface area contributed by atoms with Crippen LogP contribution < -0.4 is 0 Å². The van der Waals surface area contributed by atoms with Crippen LogP contribution in [0.4, 0.5) is 23.2 Å². The first-order valence-corrected chi connectivity index (χ1v) is 45.6. The minimum absolute atomic E-state index is 0. The van der Waals surface area contributed by atoms with Gasteiger partial charge in [-0.05, 0) is 252 Å². The van der Waals surface area contributed by atoms with Gasteiger partial charge in [-0.3, -0.25) is 20.1 Å². The third-order valence-corrected chi connectivity index (χ3v) is 18.8. The Morgan fingerprint density at radius 2 is 0.528 bits per heavy atom. The molecule has 2 aromatic heterocycles. The van der Waals surface area contributed by atoms with E-state index in [9.17, 15) is 27.7 Å². The fourth-order valence-electron chi connectivity index (χ4n) is 12.9. The van der Waals surface area contributed by atoms with Gasteiger partial charge in [0.15, 0.2) is 23.3 Å². The summed E-state index contributed by atoms with van der Waals surface area (Å²) in [4.78, 5) is 18.7. The molecule has 0 aliphatic heterocycles. The van der Waals surface area contributed by atoms with Gasteiger partial charge in [-0.1, -0.05) is 394 Å². The van der Waals surface area contributed by atoms with Crippen molar-refractivity contribution in [3.8, 4) is 0 Å². The Hall–Kier alpha value is -9.60. The van der Waals surface area contributed by atoms with Crippen molar-refractivity contribution in [1.29, 1.82) is 0 Å². The fraction of sp³-hybridized carbons (Fsp3) is 0.448. The molecule has 0 aliphatic carbocycles. The van der Waals surface area contributed by atoms with Crippen LogP contribution in [0.25, 0.3) is 0 Å². The number of pyridine rings is 2. The number of nitro benzene ring substituents is 1. The summed E-state index contributed by atoms with van der Waals surface area (Å²) in [6.07, 6.45) is 16.9. The maximum atomic E-state index is 13.3. The Balaban J connectivity index is 0.00000136. The number of benzene rings is 9. The Kier molecular flexibility index (Phi) is 60.8. The molecule has 0 unspecified atom stereocenters. The van der Waals surface area contributed by atoms with Gasteiger partial charge in [-0.15, -0.1) is 0 Å². The van der Waals surface area contributed by atoms with Crippen LogP contribution in [-0.2, 0) is 70.6 Å². The molecular formula is C116H165F4N3O2. The van der Waals surface area contributed by atoms with Crippen molar-refractivity contribution in [2.45, 2.75) is 279 Å². The van der Waals surface area contributed by atoms with Gasteiger partial charge in [0.1, 0.15) is 0 Å². The summed E-state index contributed by atoms with van der Waals surface area (Å²) >= 11 is 0. The SMILES string of the molecule is C.CC(C)Cc1ccccc1.CC(C)Cc1ccccc1.CC(C)Cc1ccccn1.CC(C)Cc1cccnc1.Cc1c(F)c(F)c(CC(C)C)c(F)c1F.Cc1ccc(CC(C)C)c([N+](=O)[O-])c1.Cc1ccc(CC(C)C)cc1.Cc1ccc(CC(C)C)cc1.Cc1ccc(CC(C)C)cc1.Cc1ccc(CC(C)C)cc1.Cc1ccc(CC(C)C)cc1. The second-order valence-electron chi connectivity index (χ2n) is 37.9. The zero-order valence-corrected chi connectivity index (χ0v) is 82.0. The van der Waals surface area contributed by atoms with Gasteiger partial charge in [0.05, 0.1) is 4.92 Å². The van der Waals surface area contributed by atoms with Crippen molar-refractivity contribution in [3.05, 3.63) is 383 Å². The number of halogens is 4. The van der Waals surface area contributed by atoms with Crippen molar-refractivity contribution in [2.75, 3.05) is 0 Å². The number of aromatic nitrogens is 2. The zero-order chi connectivity index (χ0) is 93.4. The molecule has 0 aliphatic rings. The van der Waals surface area contributed by atoms with E-state index in [4.69, 9.17) is 0 Å². The van der Waals surface area contributed by atoms with E-state index in [1.165, 1.54) is 123 Å². The predicted octanol–water partition coefficient (Wildman–Crippen LogP) is 33.8. The number of nitro groups is 1. The van der Waals surface area contributed by atoms with E-state index in [1.54, 1.807) is 19.9 Å². The normalized spacial score (nSPS) is 10.5. The van der Waals surface area contributed by atoms with E-state index in [0.717, 1.165) is 84.7 Å². The lowest BCUT2D eigenvalue weighted by Gasteiger charge is -2.11. The summed E-state index contributed by atoms with van der Waals surface area (Å²) in [6, 6.07) is 80.7. The van der Waals surface area contributed by atoms with Crippen LogP contribution in [-0.4, -0.2) is 14.9 Å². The number of rotatable bonds is 23. The van der Waals surface area contributed by atoms with Crippen molar-refractivity contribution >= 4 is 5.69 Å². The zero-order valence-electron chi connectivity index (χ0n) is 82.0. The predicted molar refractivity (Wildman–Crippen MR) is 537 cm³/mol. The van der Waals surface area contributed by atoms with E-state index < -0.39 is 34.4 Å². The average Bonchev–Trinajstić information content (AvgIpc) is 0.796. The van der Waals surface area contributed by atoms with Gasteiger partial charge < -0.3 is 0 Å². The molecule has 11 rings (SSSR count). The van der Waals surface area contributed by atoms with E-state index in [1.807, 2.05) is 55.8 Å². The maximum absolute atomic E-state index is 13.3. The second kappa shape index (κ2) is 65.9. The molecule has 9 heteroatoms. The molecule has 125 heavy (non-hydrogen) atoms. The molecule has 11 aromatic rings. The van der Waals surface area contributed by atoms with Crippen molar-refractivity contribution in [1.82, 2.24) is 9.97 Å². The molecule has 0 saturated carbocycles. The third-order valence-electron chi connectivity index (χ3n) is 18.8. The van der Waals surface area contributed by atoms with E-state index in [2.05, 4.69) is 377 Å². The highest BCUT2D eigenvalue weighted by atomic mass is 19.2. The first-order valence-electron chi connectivity index (χ1n) is 45.6. The number of aryl methyl sites for hydroxylation is 6. The largest absolute Gasteiger partial charge is 0.272 e. The average molecular weight is 1710 g/mol. The molecular weight excluding hydrogens is 1540 g/mol. The lowest BCUT2D eigenvalue weighted by molar-refractivity contribution is -0.385. The van der Waals surface area contributed by atoms with Crippen LogP contribution in [0.2, 0.25) is 0 Å². The summed E-state index contributed by atoms with van der Waals surface area (Å²) < 4.78 is 52.8. The first kappa shape index (κ1) is 115. The fourth-order valence-corrected chi connectivity index (χ4v) is 12.9. The molecule has 9 aromatic carbocycles. The number of hydrogen-bond acceptors (Lipinski definition) is 4. The summed E-state index contributed by atoms with van der Waals surface area (Å²) in [5.41, 5.74) is 20.3. The summed E-state index contributed by atoms with van der Waals surface area (Å²) in [5.74, 6) is 1.98. The van der Waals surface area contributed by atoms with E-state index in [-0.39, 0.29) is 30.4 Å². The van der Waals surface area contributed by atoms with Gasteiger partial charge >= 0.3 is 0 Å². The van der Waals surface area contributed by atoms with Crippen LogP contribution in [0, 0.1) is 147 Å². The number of hydrogen-bond donors (Lipinski definition) is 0. The molecule has 0 fully saturated rings. The Morgan fingerprint density at radius 3 is 0.776 bits per heavy atom. The molecule has 684 valence electrons. The molecule has 0 spiro atoms. The quantitative estimate of drug-likeness (QED) is 0.0277. The highest BCUT2D eigenvalue weighted by Crippen LogP contribution is 2.27. The molecule has 0 atom stereocenters. The van der Waals surface area contributed by atoms with Crippen LogP contribution in [0.15, 0.2) is 249 Å². The minimum atomic E-state index is -1.30. The molecule has 0 N–H and O–H groups in total. The summed E-state index contributed by atoms with van der Waals surface area (Å²) in [7, 11) is 0. The Morgan fingerprint density at radius 1 is 0.272 bits per heavy atom. The van der Waals surface area contributed by atoms with Gasteiger partial charge in [0, 0.05) is 47.0 Å². The maximum Gasteiger partial charge on any atom is 0.272 e. The highest BCUT2D eigenvalue weighted by Gasteiger charge is 2.23. The lowest BCUT2D eigenvalue weighted by Crippen LogP contribution is -2.08. The topological polar surface area (TPSA) is 68.9 Å². The summed E-state index contributed by atoms with van der Waals surface area (Å²) in [6.45, 7) is 61.4. The van der Waals surface area contributed by atoms with Crippen LogP contribution in [0.1, 0.15) is 260 Å². The molecule has 0 bridgehead atoms. The standard InChI is InChI=1S/C11H12F4.C11H15NO2.5C11H16.2C10H14.2C9H13N.CH4/c1-5(2)4-7-10(14)8(12)6(3)9(13)11(7)15;1-8(2)6-10-5-4-9(3)7-11(10)12(13)14;5*1-9(2)8-11-6-4-10(3)5-7-11;2*1-9(2)8-10-6-4-3-5-7-10;1-8(2)6-9-4-3-5-10-7-9;1-8(2)7-9-5-3-4-6-10-9;/h5H,4H2,1-3H3;4-5,7-8H,6H2,1-3H3;5*4-7,9H,8H2,1-3H3;2*3-7,9H,8H2,1-2H3;3-5,7-8H,6H2,1-2H3;3-6,8H,7H2,1-2H3;1H4. The van der Waals surface area contributed by atoms with Crippen LogP contribution >= 0.6 is 0 Å². The Bertz CT molecular complexity index is 3990. The molecule has 2 heterocycles. The smallest absolute Gasteiger partial charge is 0.264 e. The van der Waals surface area contributed by atoms with Gasteiger partial charge in [0.2, 0.25) is 0 Å². The van der Waals surface area contributed by atoms with Crippen molar-refractivity contribution in [2.24, 2.45) is 65.1 Å². The first-order chi connectivity index (χ1) is 58.4. The number of nitrogens with zero attached hydrogens (tertiary/aromatic N) is 3. The van der Waals surface area contributed by atoms with Crippen molar-refractivity contribution in [3.63, 3.8) is 0 Å². The minimum Gasteiger partial charge on any atom is -0.264 e. The Labute approximate surface area is 760 Å². The van der Waals surface area contributed by atoms with Gasteiger partial charge in [-0.25, -0.2) is 17.6 Å².